The average molecular weight is 258 g/mol. The Bertz CT molecular complexity index is 545. The summed E-state index contributed by atoms with van der Waals surface area (Å²) in [6.45, 7) is -0.0252. The highest BCUT2D eigenvalue weighted by Crippen LogP contribution is 2.40. The van der Waals surface area contributed by atoms with Crippen LogP contribution in [-0.2, 0) is 0 Å². The van der Waals surface area contributed by atoms with Crippen molar-refractivity contribution < 1.29 is 10.2 Å². The average Bonchev–Trinajstić information content (AvgIpc) is 2.46. The first kappa shape index (κ1) is 11.9. The molecular formula is C13H14N4O2. The molecule has 0 aliphatic carbocycles. The fourth-order valence-corrected chi connectivity index (χ4v) is 2.13. The highest BCUT2D eigenvalue weighted by atomic mass is 16.3. The first-order chi connectivity index (χ1) is 9.29. The molecule has 0 fully saturated rings. The zero-order valence-corrected chi connectivity index (χ0v) is 10.2. The lowest BCUT2D eigenvalue weighted by Crippen LogP contribution is -2.34. The van der Waals surface area contributed by atoms with Crippen molar-refractivity contribution in [3.05, 3.63) is 36.7 Å². The lowest BCUT2D eigenvalue weighted by Gasteiger charge is -2.32. The predicted molar refractivity (Wildman–Crippen MR) is 71.9 cm³/mol. The van der Waals surface area contributed by atoms with Crippen LogP contribution in [0.25, 0.3) is 0 Å². The van der Waals surface area contributed by atoms with E-state index in [1.165, 1.54) is 0 Å². The SMILES string of the molecule is OCC(O)CN1c2ccccc2Nc2nccnc21. The summed E-state index contributed by atoms with van der Waals surface area (Å²) in [7, 11) is 0. The largest absolute Gasteiger partial charge is 0.394 e. The molecule has 0 saturated carbocycles. The van der Waals surface area contributed by atoms with Crippen molar-refractivity contribution >= 4 is 23.0 Å². The van der Waals surface area contributed by atoms with Gasteiger partial charge in [0.15, 0.2) is 11.6 Å². The topological polar surface area (TPSA) is 81.5 Å². The monoisotopic (exact) mass is 258 g/mol. The number of aromatic nitrogens is 2. The Labute approximate surface area is 110 Å². The summed E-state index contributed by atoms with van der Waals surface area (Å²) < 4.78 is 0. The van der Waals surface area contributed by atoms with Crippen LogP contribution >= 0.6 is 0 Å². The van der Waals surface area contributed by atoms with Crippen molar-refractivity contribution in [3.8, 4) is 0 Å². The van der Waals surface area contributed by atoms with Crippen LogP contribution in [0.3, 0.4) is 0 Å². The number of benzene rings is 1. The zero-order chi connectivity index (χ0) is 13.2. The Hall–Kier alpha value is -2.18. The normalized spacial score (nSPS) is 14.3. The second-order valence-corrected chi connectivity index (χ2v) is 4.32. The summed E-state index contributed by atoms with van der Waals surface area (Å²) in [6.07, 6.45) is 2.38. The second-order valence-electron chi connectivity index (χ2n) is 4.32. The minimum absolute atomic E-state index is 0.265. The van der Waals surface area contributed by atoms with E-state index in [4.69, 9.17) is 5.11 Å². The highest BCUT2D eigenvalue weighted by Gasteiger charge is 2.25. The van der Waals surface area contributed by atoms with E-state index in [1.54, 1.807) is 12.4 Å². The maximum Gasteiger partial charge on any atom is 0.176 e. The standard InChI is InChI=1S/C13H14N4O2/c18-8-9(19)7-17-11-4-2-1-3-10(11)16-12-13(17)15-6-5-14-12/h1-6,9,18-19H,7-8H2,(H,14,16). The van der Waals surface area contributed by atoms with Crippen molar-refractivity contribution in [1.82, 2.24) is 9.97 Å². The number of hydrogen-bond donors (Lipinski definition) is 3. The number of fused-ring (bicyclic) bond motifs is 2. The van der Waals surface area contributed by atoms with E-state index >= 15 is 0 Å². The first-order valence-corrected chi connectivity index (χ1v) is 6.03. The van der Waals surface area contributed by atoms with Gasteiger partial charge in [-0.3, -0.25) is 0 Å². The van der Waals surface area contributed by atoms with E-state index in [9.17, 15) is 5.11 Å². The van der Waals surface area contributed by atoms with Crippen LogP contribution in [0.15, 0.2) is 36.7 Å². The number of para-hydroxylation sites is 2. The maximum atomic E-state index is 9.70. The molecule has 19 heavy (non-hydrogen) atoms. The van der Waals surface area contributed by atoms with Gasteiger partial charge in [-0.2, -0.15) is 0 Å². The number of nitrogens with zero attached hydrogens (tertiary/aromatic N) is 3. The molecule has 2 aromatic rings. The number of rotatable bonds is 3. The molecule has 6 heteroatoms. The molecule has 6 nitrogen and oxygen atoms in total. The van der Waals surface area contributed by atoms with Gasteiger partial charge in [0.25, 0.3) is 0 Å². The van der Waals surface area contributed by atoms with Gasteiger partial charge in [0, 0.05) is 12.4 Å². The number of anilines is 4. The minimum Gasteiger partial charge on any atom is -0.394 e. The summed E-state index contributed by atoms with van der Waals surface area (Å²) in [4.78, 5) is 10.4. The minimum atomic E-state index is -0.832. The molecule has 1 aliphatic rings. The molecule has 0 amide bonds. The van der Waals surface area contributed by atoms with Crippen molar-refractivity contribution in [1.29, 1.82) is 0 Å². The molecular weight excluding hydrogens is 244 g/mol. The molecule has 2 heterocycles. The van der Waals surface area contributed by atoms with Crippen LogP contribution < -0.4 is 10.2 Å². The van der Waals surface area contributed by atoms with Gasteiger partial charge >= 0.3 is 0 Å². The molecule has 98 valence electrons. The van der Waals surface area contributed by atoms with Gasteiger partial charge in [-0.05, 0) is 12.1 Å². The molecule has 0 radical (unpaired) electrons. The molecule has 1 aromatic carbocycles. The molecule has 0 bridgehead atoms. The molecule has 0 spiro atoms. The lowest BCUT2D eigenvalue weighted by molar-refractivity contribution is 0.102. The van der Waals surface area contributed by atoms with Crippen molar-refractivity contribution in [2.24, 2.45) is 0 Å². The van der Waals surface area contributed by atoms with E-state index in [0.29, 0.717) is 11.6 Å². The molecule has 3 N–H and O–H groups in total. The van der Waals surface area contributed by atoms with Crippen LogP contribution in [0.4, 0.5) is 23.0 Å². The second kappa shape index (κ2) is 4.83. The van der Waals surface area contributed by atoms with Crippen molar-refractivity contribution in [2.45, 2.75) is 6.10 Å². The van der Waals surface area contributed by atoms with Crippen LogP contribution in [0.1, 0.15) is 0 Å². The van der Waals surface area contributed by atoms with E-state index in [1.807, 2.05) is 29.2 Å². The van der Waals surface area contributed by atoms with Gasteiger partial charge in [-0.1, -0.05) is 12.1 Å². The van der Waals surface area contributed by atoms with E-state index in [-0.39, 0.29) is 13.2 Å². The molecule has 0 saturated heterocycles. The fourth-order valence-electron chi connectivity index (χ4n) is 2.13. The van der Waals surface area contributed by atoms with Crippen LogP contribution in [-0.4, -0.2) is 39.4 Å². The Kier molecular flexibility index (Phi) is 3.02. The van der Waals surface area contributed by atoms with Crippen molar-refractivity contribution in [2.75, 3.05) is 23.4 Å². The third-order valence-corrected chi connectivity index (χ3v) is 2.99. The van der Waals surface area contributed by atoms with Gasteiger partial charge in [0.1, 0.15) is 0 Å². The molecule has 1 atom stereocenters. The summed E-state index contributed by atoms with van der Waals surface area (Å²) in [5.41, 5.74) is 1.81. The smallest absolute Gasteiger partial charge is 0.176 e. The highest BCUT2D eigenvalue weighted by molar-refractivity contribution is 5.88. The number of β-amino-alcohol motifs (C(OH)–C–C–N with tert-alkyl or cyclic N) is 1. The third-order valence-electron chi connectivity index (χ3n) is 2.99. The Morgan fingerprint density at radius 1 is 1.21 bits per heavy atom. The van der Waals surface area contributed by atoms with Gasteiger partial charge < -0.3 is 20.4 Å². The van der Waals surface area contributed by atoms with Crippen molar-refractivity contribution in [3.63, 3.8) is 0 Å². The van der Waals surface area contributed by atoms with Crippen LogP contribution in [0.2, 0.25) is 0 Å². The molecule has 1 aliphatic heterocycles. The van der Waals surface area contributed by atoms with Gasteiger partial charge in [0.05, 0.1) is 30.6 Å². The summed E-state index contributed by atoms with van der Waals surface area (Å²) in [5, 5.41) is 21.9. The summed E-state index contributed by atoms with van der Waals surface area (Å²) in [5.74, 6) is 1.29. The quantitative estimate of drug-likeness (QED) is 0.762. The van der Waals surface area contributed by atoms with Gasteiger partial charge in [-0.15, -0.1) is 0 Å². The third kappa shape index (κ3) is 2.11. The number of nitrogens with one attached hydrogen (secondary N) is 1. The van der Waals surface area contributed by atoms with E-state index in [2.05, 4.69) is 15.3 Å². The number of hydrogen-bond acceptors (Lipinski definition) is 6. The number of aliphatic hydroxyl groups excluding tert-OH is 2. The molecule has 3 rings (SSSR count). The zero-order valence-electron chi connectivity index (χ0n) is 10.2. The van der Waals surface area contributed by atoms with E-state index in [0.717, 1.165) is 11.4 Å². The molecule has 1 unspecified atom stereocenters. The van der Waals surface area contributed by atoms with Gasteiger partial charge in [0.2, 0.25) is 0 Å². The lowest BCUT2D eigenvalue weighted by atomic mass is 10.2. The Morgan fingerprint density at radius 2 is 2.00 bits per heavy atom. The fraction of sp³-hybridized carbons (Fsp3) is 0.231. The number of aliphatic hydroxyl groups is 2. The predicted octanol–water partition coefficient (Wildman–Crippen LogP) is 1.02. The van der Waals surface area contributed by atoms with Crippen LogP contribution in [0.5, 0.6) is 0 Å². The van der Waals surface area contributed by atoms with E-state index < -0.39 is 6.10 Å². The maximum absolute atomic E-state index is 9.70. The van der Waals surface area contributed by atoms with Gasteiger partial charge in [-0.25, -0.2) is 9.97 Å². The Morgan fingerprint density at radius 3 is 2.84 bits per heavy atom. The molecule has 1 aromatic heterocycles. The van der Waals surface area contributed by atoms with Crippen LogP contribution in [0, 0.1) is 0 Å². The summed E-state index contributed by atoms with van der Waals surface area (Å²) >= 11 is 0. The summed E-state index contributed by atoms with van der Waals surface area (Å²) in [6, 6.07) is 7.71. The first-order valence-electron chi connectivity index (χ1n) is 6.03. The Balaban J connectivity index is 2.06.